The van der Waals surface area contributed by atoms with Crippen LogP contribution in [0.25, 0.3) is 22.6 Å². The summed E-state index contributed by atoms with van der Waals surface area (Å²) in [5.74, 6) is 2.08. The molecular formula is C42H46ClN3O9. The molecule has 5 aromatic rings. The van der Waals surface area contributed by atoms with Gasteiger partial charge in [-0.15, -0.1) is 0 Å². The number of amides is 1. The van der Waals surface area contributed by atoms with Crippen LogP contribution in [-0.4, -0.2) is 51.8 Å². The number of hydrogen-bond acceptors (Lipinski definition) is 11. The average Bonchev–Trinajstić information content (AvgIpc) is 3.71. The molecule has 12 nitrogen and oxygen atoms in total. The fourth-order valence-electron chi connectivity index (χ4n) is 6.64. The average molecular weight is 772 g/mol. The van der Waals surface area contributed by atoms with E-state index in [0.717, 1.165) is 49.7 Å². The van der Waals surface area contributed by atoms with E-state index >= 15 is 0 Å². The van der Waals surface area contributed by atoms with Crippen LogP contribution in [0.5, 0.6) is 17.2 Å². The lowest BCUT2D eigenvalue weighted by molar-refractivity contribution is 0.0935. The number of carbonyl (C=O) groups excluding carboxylic acids is 1. The fraction of sp³-hybridized carbons (Fsp3) is 0.333. The predicted molar refractivity (Wildman–Crippen MR) is 208 cm³/mol. The van der Waals surface area contributed by atoms with E-state index in [4.69, 9.17) is 30.3 Å². The van der Waals surface area contributed by atoms with Crippen molar-refractivity contribution in [1.82, 2.24) is 10.5 Å². The SMILES string of the molecule is COc1ccc(-c2cc(-c3cc(CO)c(CO)c(CO)c3)on2)cc1OCCCCCCCCOc1ccc(C2NC(=O)c3cc(Cl)ccc3N2)cc1CO. The molecule has 0 fully saturated rings. The Balaban J connectivity index is 0.923. The Kier molecular flexibility index (Phi) is 13.6. The largest absolute Gasteiger partial charge is 0.493 e. The summed E-state index contributed by atoms with van der Waals surface area (Å²) in [5, 5.41) is 50.3. The van der Waals surface area contributed by atoms with E-state index < -0.39 is 6.17 Å². The van der Waals surface area contributed by atoms with Crippen molar-refractivity contribution in [3.8, 4) is 39.8 Å². The van der Waals surface area contributed by atoms with Crippen LogP contribution < -0.4 is 24.8 Å². The van der Waals surface area contributed by atoms with E-state index in [2.05, 4.69) is 15.8 Å². The van der Waals surface area contributed by atoms with E-state index in [-0.39, 0.29) is 32.3 Å². The van der Waals surface area contributed by atoms with Crippen molar-refractivity contribution in [2.24, 2.45) is 0 Å². The zero-order chi connectivity index (χ0) is 38.7. The van der Waals surface area contributed by atoms with Gasteiger partial charge < -0.3 is 49.8 Å². The van der Waals surface area contributed by atoms with E-state index in [9.17, 15) is 25.2 Å². The van der Waals surface area contributed by atoms with Crippen molar-refractivity contribution in [2.75, 3.05) is 25.6 Å². The Morgan fingerprint density at radius 1 is 0.691 bits per heavy atom. The number of fused-ring (bicyclic) bond motifs is 1. The van der Waals surface area contributed by atoms with Crippen LogP contribution in [0.15, 0.2) is 77.3 Å². The highest BCUT2D eigenvalue weighted by atomic mass is 35.5. The van der Waals surface area contributed by atoms with E-state index in [0.29, 0.717) is 86.0 Å². The zero-order valence-corrected chi connectivity index (χ0v) is 31.4. The van der Waals surface area contributed by atoms with Crippen LogP contribution >= 0.6 is 11.6 Å². The number of nitrogens with one attached hydrogen (secondary N) is 2. The van der Waals surface area contributed by atoms with Gasteiger partial charge in [0, 0.05) is 33.5 Å². The number of methoxy groups -OCH3 is 1. The molecule has 1 amide bonds. The normalized spacial score (nSPS) is 13.6. The van der Waals surface area contributed by atoms with Gasteiger partial charge in [-0.2, -0.15) is 0 Å². The van der Waals surface area contributed by atoms with Gasteiger partial charge in [0.2, 0.25) is 0 Å². The monoisotopic (exact) mass is 771 g/mol. The zero-order valence-electron chi connectivity index (χ0n) is 30.6. The Hall–Kier alpha value is -5.11. The number of aliphatic hydroxyl groups is 4. The Morgan fingerprint density at radius 2 is 1.36 bits per heavy atom. The molecule has 0 bridgehead atoms. The lowest BCUT2D eigenvalue weighted by Gasteiger charge is -2.28. The number of carbonyl (C=O) groups is 1. The van der Waals surface area contributed by atoms with Crippen molar-refractivity contribution < 1.29 is 44.0 Å². The smallest absolute Gasteiger partial charge is 0.255 e. The lowest BCUT2D eigenvalue weighted by Crippen LogP contribution is -2.38. The number of halogens is 1. The molecule has 13 heteroatoms. The van der Waals surface area contributed by atoms with Crippen LogP contribution in [0.3, 0.4) is 0 Å². The summed E-state index contributed by atoms with van der Waals surface area (Å²) in [4.78, 5) is 12.6. The Morgan fingerprint density at radius 3 is 2.04 bits per heavy atom. The molecule has 6 rings (SSSR count). The number of unbranched alkanes of at least 4 members (excludes halogenated alkanes) is 5. The maximum Gasteiger partial charge on any atom is 0.255 e. The number of rotatable bonds is 19. The summed E-state index contributed by atoms with van der Waals surface area (Å²) in [5.41, 5.74) is 6.17. The molecule has 2 heterocycles. The molecule has 0 aliphatic carbocycles. The topological polar surface area (TPSA) is 176 Å². The Labute approximate surface area is 324 Å². The van der Waals surface area contributed by atoms with E-state index in [1.807, 2.05) is 36.4 Å². The van der Waals surface area contributed by atoms with Crippen molar-refractivity contribution in [3.63, 3.8) is 0 Å². The van der Waals surface area contributed by atoms with Crippen LogP contribution in [0.4, 0.5) is 5.69 Å². The van der Waals surface area contributed by atoms with Crippen molar-refractivity contribution in [1.29, 1.82) is 0 Å². The number of hydrogen-bond donors (Lipinski definition) is 6. The first-order valence-corrected chi connectivity index (χ1v) is 18.7. The van der Waals surface area contributed by atoms with Crippen LogP contribution in [-0.2, 0) is 26.4 Å². The molecule has 290 valence electrons. The molecule has 1 unspecified atom stereocenters. The number of benzene rings is 4. The third-order valence-corrected chi connectivity index (χ3v) is 9.87. The summed E-state index contributed by atoms with van der Waals surface area (Å²) in [6.07, 6.45) is 5.46. The highest BCUT2D eigenvalue weighted by Crippen LogP contribution is 2.35. The predicted octanol–water partition coefficient (Wildman–Crippen LogP) is 7.29. The molecule has 0 saturated heterocycles. The molecule has 0 saturated carbocycles. The minimum absolute atomic E-state index is 0.184. The van der Waals surface area contributed by atoms with Gasteiger partial charge in [-0.1, -0.05) is 48.5 Å². The number of nitrogens with zero attached hydrogens (tertiary/aromatic N) is 1. The Bertz CT molecular complexity index is 2060. The second-order valence-corrected chi connectivity index (χ2v) is 13.7. The molecule has 55 heavy (non-hydrogen) atoms. The van der Waals surface area contributed by atoms with E-state index in [1.165, 1.54) is 0 Å². The first kappa shape index (κ1) is 39.6. The molecule has 1 aliphatic heterocycles. The van der Waals surface area contributed by atoms with Crippen LogP contribution in [0.2, 0.25) is 5.02 Å². The fourth-order valence-corrected chi connectivity index (χ4v) is 6.81. The summed E-state index contributed by atoms with van der Waals surface area (Å²) in [6, 6.07) is 21.5. The minimum Gasteiger partial charge on any atom is -0.493 e. The molecule has 0 spiro atoms. The number of anilines is 1. The minimum atomic E-state index is -0.444. The van der Waals surface area contributed by atoms with Crippen molar-refractivity contribution in [2.45, 2.75) is 71.1 Å². The lowest BCUT2D eigenvalue weighted by atomic mass is 9.97. The van der Waals surface area contributed by atoms with Crippen molar-refractivity contribution >= 4 is 23.2 Å². The van der Waals surface area contributed by atoms with Gasteiger partial charge in [0.1, 0.15) is 17.6 Å². The second-order valence-electron chi connectivity index (χ2n) is 13.3. The van der Waals surface area contributed by atoms with Gasteiger partial charge in [-0.3, -0.25) is 4.79 Å². The highest BCUT2D eigenvalue weighted by molar-refractivity contribution is 6.31. The van der Waals surface area contributed by atoms with Gasteiger partial charge in [-0.25, -0.2) is 0 Å². The third-order valence-electron chi connectivity index (χ3n) is 9.63. The first-order valence-electron chi connectivity index (χ1n) is 18.3. The molecule has 6 N–H and O–H groups in total. The summed E-state index contributed by atoms with van der Waals surface area (Å²) in [7, 11) is 1.60. The second kappa shape index (κ2) is 19.0. The van der Waals surface area contributed by atoms with Crippen LogP contribution in [0, 0.1) is 0 Å². The van der Waals surface area contributed by atoms with Gasteiger partial charge in [0.05, 0.1) is 52.3 Å². The van der Waals surface area contributed by atoms with Gasteiger partial charge in [0.15, 0.2) is 17.3 Å². The maximum absolute atomic E-state index is 12.6. The van der Waals surface area contributed by atoms with Crippen molar-refractivity contribution in [3.05, 3.63) is 111 Å². The maximum atomic E-state index is 12.6. The number of aliphatic hydroxyl groups excluding tert-OH is 4. The van der Waals surface area contributed by atoms with Gasteiger partial charge >= 0.3 is 0 Å². The first-order chi connectivity index (χ1) is 26.8. The highest BCUT2D eigenvalue weighted by Gasteiger charge is 2.25. The summed E-state index contributed by atoms with van der Waals surface area (Å²) >= 11 is 6.05. The van der Waals surface area contributed by atoms with Gasteiger partial charge in [0.25, 0.3) is 5.91 Å². The molecule has 0 radical (unpaired) electrons. The quantitative estimate of drug-likeness (QED) is 0.0465. The molecule has 1 aliphatic rings. The number of ether oxygens (including phenoxy) is 3. The number of aromatic nitrogens is 1. The third kappa shape index (κ3) is 9.59. The molecule has 1 aromatic heterocycles. The standard InChI is InChI=1S/C42H46ClN3O9/c1-52-38-13-8-26(36-21-39(55-46-36)28-17-29(22-47)34(25-50)30(18-28)23-48)19-40(38)54-15-7-5-3-2-4-6-14-53-37-12-9-27(16-31(37)24-49)41-44-35-11-10-32(43)20-33(35)42(51)45-41/h8-13,16-21,41,44,47-50H,2-7,14-15,22-25H2,1H3,(H,45,51). The molecule has 1 atom stereocenters. The molecular weight excluding hydrogens is 726 g/mol. The summed E-state index contributed by atoms with van der Waals surface area (Å²) in [6.45, 7) is 0.0183. The van der Waals surface area contributed by atoms with Crippen LogP contribution in [0.1, 0.15) is 82.9 Å². The van der Waals surface area contributed by atoms with E-state index in [1.54, 1.807) is 43.5 Å². The summed E-state index contributed by atoms with van der Waals surface area (Å²) < 4.78 is 23.3. The molecule has 4 aromatic carbocycles. The van der Waals surface area contributed by atoms with Gasteiger partial charge in [-0.05, 0) is 95.8 Å².